The molecule has 0 spiro atoms. The first kappa shape index (κ1) is 21.4. The molecule has 0 radical (unpaired) electrons. The molecule has 0 saturated carbocycles. The van der Waals surface area contributed by atoms with Crippen molar-refractivity contribution in [2.24, 2.45) is 0 Å². The van der Waals surface area contributed by atoms with Crippen molar-refractivity contribution in [1.29, 1.82) is 0 Å². The summed E-state index contributed by atoms with van der Waals surface area (Å²) in [5, 5.41) is 3.08. The third kappa shape index (κ3) is 6.33. The summed E-state index contributed by atoms with van der Waals surface area (Å²) in [6, 6.07) is 20.6. The van der Waals surface area contributed by atoms with Crippen LogP contribution in [0, 0.1) is 0 Å². The van der Waals surface area contributed by atoms with Gasteiger partial charge in [-0.15, -0.1) is 0 Å². The molecular formula is C25H34N2O2. The van der Waals surface area contributed by atoms with E-state index in [-0.39, 0.29) is 5.91 Å². The van der Waals surface area contributed by atoms with Crippen molar-refractivity contribution in [3.63, 3.8) is 0 Å². The summed E-state index contributed by atoms with van der Waals surface area (Å²) in [6.45, 7) is 6.46. The normalized spacial score (nSPS) is 20.8. The number of benzene rings is 2. The fourth-order valence-corrected chi connectivity index (χ4v) is 4.18. The lowest BCUT2D eigenvalue weighted by Crippen LogP contribution is -2.44. The summed E-state index contributed by atoms with van der Waals surface area (Å²) in [7, 11) is 0. The number of amides is 1. The molecule has 1 aliphatic rings. The first-order valence-electron chi connectivity index (χ1n) is 11.0. The highest BCUT2D eigenvalue weighted by Crippen LogP contribution is 2.23. The van der Waals surface area contributed by atoms with Gasteiger partial charge in [0.15, 0.2) is 0 Å². The maximum absolute atomic E-state index is 12.9. The van der Waals surface area contributed by atoms with E-state index in [1.807, 2.05) is 60.7 Å². The number of piperidine rings is 1. The van der Waals surface area contributed by atoms with Gasteiger partial charge in [0.05, 0.1) is 0 Å². The number of carbonyl (C=O) groups excluding carboxylic acids is 1. The molecule has 3 rings (SSSR count). The third-order valence-electron chi connectivity index (χ3n) is 5.86. The average molecular weight is 395 g/mol. The van der Waals surface area contributed by atoms with Crippen LogP contribution in [-0.2, 0) is 4.79 Å². The van der Waals surface area contributed by atoms with Gasteiger partial charge in [-0.3, -0.25) is 9.69 Å². The van der Waals surface area contributed by atoms with Crippen molar-refractivity contribution in [2.75, 3.05) is 13.1 Å². The van der Waals surface area contributed by atoms with Crippen LogP contribution in [0.1, 0.15) is 57.6 Å². The Morgan fingerprint density at radius 2 is 1.62 bits per heavy atom. The lowest BCUT2D eigenvalue weighted by atomic mass is 9.97. The fraction of sp³-hybridized carbons (Fsp3) is 0.480. The second-order valence-corrected chi connectivity index (χ2v) is 8.09. The Bertz CT molecular complexity index is 725. The summed E-state index contributed by atoms with van der Waals surface area (Å²) >= 11 is 0. The second-order valence-electron chi connectivity index (χ2n) is 8.09. The van der Waals surface area contributed by atoms with Crippen LogP contribution in [0.15, 0.2) is 60.7 Å². The van der Waals surface area contributed by atoms with E-state index in [0.29, 0.717) is 24.4 Å². The highest BCUT2D eigenvalue weighted by Gasteiger charge is 2.24. The Balaban J connectivity index is 1.49. The highest BCUT2D eigenvalue weighted by molar-refractivity contribution is 5.82. The van der Waals surface area contributed by atoms with Gasteiger partial charge in [0.25, 0.3) is 5.91 Å². The van der Waals surface area contributed by atoms with Gasteiger partial charge in [-0.05, 0) is 58.2 Å². The Labute approximate surface area is 175 Å². The fourth-order valence-electron chi connectivity index (χ4n) is 4.18. The molecule has 0 aromatic heterocycles. The molecule has 1 heterocycles. The Hall–Kier alpha value is -2.33. The Morgan fingerprint density at radius 1 is 1.00 bits per heavy atom. The van der Waals surface area contributed by atoms with Crippen molar-refractivity contribution in [2.45, 2.75) is 64.1 Å². The van der Waals surface area contributed by atoms with E-state index in [0.717, 1.165) is 24.9 Å². The molecule has 1 aliphatic heterocycles. The molecule has 2 aromatic carbocycles. The van der Waals surface area contributed by atoms with Gasteiger partial charge in [-0.25, -0.2) is 0 Å². The van der Waals surface area contributed by atoms with E-state index in [1.165, 1.54) is 19.3 Å². The molecular weight excluding hydrogens is 360 g/mol. The number of hydrogen-bond acceptors (Lipinski definition) is 3. The van der Waals surface area contributed by atoms with Crippen LogP contribution in [0.25, 0.3) is 0 Å². The zero-order valence-electron chi connectivity index (χ0n) is 17.7. The SMILES string of the molecule is C[C@@H]1CCC[C@H](C)N1CCCCNC(=O)[C@H](Oc1ccccc1)c1ccccc1. The number of rotatable bonds is 9. The standard InChI is InChI=1S/C25H34N2O2/c1-20-12-11-13-21(2)27(20)19-10-9-18-26-25(28)24(22-14-5-3-6-15-22)29-23-16-7-4-8-17-23/h3-8,14-17,20-21,24H,9-13,18-19H2,1-2H3,(H,26,28)/t20-,21+,24-/m1/s1. The first-order valence-corrected chi connectivity index (χ1v) is 11.0. The molecule has 0 aliphatic carbocycles. The monoisotopic (exact) mass is 394 g/mol. The van der Waals surface area contributed by atoms with E-state index in [1.54, 1.807) is 0 Å². The summed E-state index contributed by atoms with van der Waals surface area (Å²) in [4.78, 5) is 15.5. The maximum atomic E-state index is 12.9. The van der Waals surface area contributed by atoms with Gasteiger partial charge in [-0.1, -0.05) is 55.0 Å². The molecule has 2 aromatic rings. The van der Waals surface area contributed by atoms with Crippen molar-refractivity contribution < 1.29 is 9.53 Å². The zero-order chi connectivity index (χ0) is 20.5. The van der Waals surface area contributed by atoms with Crippen LogP contribution in [0.3, 0.4) is 0 Å². The molecule has 0 unspecified atom stereocenters. The molecule has 1 N–H and O–H groups in total. The molecule has 4 nitrogen and oxygen atoms in total. The van der Waals surface area contributed by atoms with Gasteiger partial charge in [-0.2, -0.15) is 0 Å². The number of hydrogen-bond donors (Lipinski definition) is 1. The second kappa shape index (κ2) is 11.0. The molecule has 4 heteroatoms. The number of nitrogens with zero attached hydrogens (tertiary/aromatic N) is 1. The number of likely N-dealkylation sites (tertiary alicyclic amines) is 1. The summed E-state index contributed by atoms with van der Waals surface area (Å²) in [6.07, 6.45) is 5.39. The summed E-state index contributed by atoms with van der Waals surface area (Å²) in [5.74, 6) is 0.615. The molecule has 0 bridgehead atoms. The Kier molecular flexibility index (Phi) is 8.12. The van der Waals surface area contributed by atoms with Crippen molar-refractivity contribution in [3.05, 3.63) is 66.2 Å². The lowest BCUT2D eigenvalue weighted by Gasteiger charge is -2.39. The van der Waals surface area contributed by atoms with Crippen LogP contribution >= 0.6 is 0 Å². The molecule has 29 heavy (non-hydrogen) atoms. The molecule has 1 amide bonds. The third-order valence-corrected chi connectivity index (χ3v) is 5.86. The van der Waals surface area contributed by atoms with Crippen LogP contribution < -0.4 is 10.1 Å². The lowest BCUT2D eigenvalue weighted by molar-refractivity contribution is -0.128. The number of carbonyl (C=O) groups is 1. The number of unbranched alkanes of at least 4 members (excludes halogenated alkanes) is 1. The minimum Gasteiger partial charge on any atom is -0.476 e. The molecule has 156 valence electrons. The average Bonchev–Trinajstić information content (AvgIpc) is 2.75. The predicted octanol–water partition coefficient (Wildman–Crippen LogP) is 4.97. The number of ether oxygens (including phenoxy) is 1. The summed E-state index contributed by atoms with van der Waals surface area (Å²) in [5.41, 5.74) is 0.866. The largest absolute Gasteiger partial charge is 0.476 e. The van der Waals surface area contributed by atoms with Crippen LogP contribution in [0.2, 0.25) is 0 Å². The van der Waals surface area contributed by atoms with Gasteiger partial charge in [0.1, 0.15) is 5.75 Å². The quantitative estimate of drug-likeness (QED) is 0.611. The van der Waals surface area contributed by atoms with E-state index in [2.05, 4.69) is 24.1 Å². The van der Waals surface area contributed by atoms with Crippen molar-refractivity contribution in [1.82, 2.24) is 10.2 Å². The Morgan fingerprint density at radius 3 is 2.28 bits per heavy atom. The van der Waals surface area contributed by atoms with Crippen molar-refractivity contribution in [3.8, 4) is 5.75 Å². The van der Waals surface area contributed by atoms with Gasteiger partial charge < -0.3 is 10.1 Å². The smallest absolute Gasteiger partial charge is 0.265 e. The van der Waals surface area contributed by atoms with E-state index < -0.39 is 6.10 Å². The van der Waals surface area contributed by atoms with Gasteiger partial charge >= 0.3 is 0 Å². The van der Waals surface area contributed by atoms with Crippen molar-refractivity contribution >= 4 is 5.91 Å². The van der Waals surface area contributed by atoms with Crippen LogP contribution in [0.4, 0.5) is 0 Å². The van der Waals surface area contributed by atoms with Crippen LogP contribution in [0.5, 0.6) is 5.75 Å². The molecule has 1 fully saturated rings. The highest BCUT2D eigenvalue weighted by atomic mass is 16.5. The molecule has 1 saturated heterocycles. The number of para-hydroxylation sites is 1. The topological polar surface area (TPSA) is 41.6 Å². The predicted molar refractivity (Wildman–Crippen MR) is 118 cm³/mol. The minimum absolute atomic E-state index is 0.0836. The minimum atomic E-state index is -0.638. The van der Waals surface area contributed by atoms with Gasteiger partial charge in [0, 0.05) is 24.2 Å². The summed E-state index contributed by atoms with van der Waals surface area (Å²) < 4.78 is 6.02. The molecule has 3 atom stereocenters. The first-order chi connectivity index (χ1) is 14.1. The zero-order valence-corrected chi connectivity index (χ0v) is 17.7. The number of nitrogens with one attached hydrogen (secondary N) is 1. The van der Waals surface area contributed by atoms with Gasteiger partial charge in [0.2, 0.25) is 6.10 Å². The van der Waals surface area contributed by atoms with Crippen LogP contribution in [-0.4, -0.2) is 36.0 Å². The van der Waals surface area contributed by atoms with E-state index in [9.17, 15) is 4.79 Å². The maximum Gasteiger partial charge on any atom is 0.265 e. The van der Waals surface area contributed by atoms with E-state index in [4.69, 9.17) is 4.74 Å². The van der Waals surface area contributed by atoms with E-state index >= 15 is 0 Å².